The van der Waals surface area contributed by atoms with E-state index in [4.69, 9.17) is 11.6 Å². The number of halogens is 1. The van der Waals surface area contributed by atoms with Gasteiger partial charge in [-0.25, -0.2) is 0 Å². The molecule has 0 saturated heterocycles. The fourth-order valence-electron chi connectivity index (χ4n) is 2.69. The summed E-state index contributed by atoms with van der Waals surface area (Å²) in [5, 5.41) is 5.83. The quantitative estimate of drug-likeness (QED) is 0.758. The fourth-order valence-corrected chi connectivity index (χ4v) is 3.00. The van der Waals surface area contributed by atoms with Crippen molar-refractivity contribution in [1.82, 2.24) is 5.32 Å². The predicted molar refractivity (Wildman–Crippen MR) is 99.0 cm³/mol. The van der Waals surface area contributed by atoms with Crippen LogP contribution in [0, 0.1) is 0 Å². The second-order valence-electron chi connectivity index (χ2n) is 6.24. The number of nitrogens with two attached hydrogens (primary N) is 1. The molecule has 0 unspecified atom stereocenters. The van der Waals surface area contributed by atoms with Gasteiger partial charge in [0.15, 0.2) is 6.54 Å². The van der Waals surface area contributed by atoms with E-state index in [0.717, 1.165) is 23.4 Å². The Morgan fingerprint density at radius 2 is 1.75 bits per heavy atom. The van der Waals surface area contributed by atoms with Crippen LogP contribution in [0.5, 0.6) is 0 Å². The predicted octanol–water partition coefficient (Wildman–Crippen LogP) is 3.10. The van der Waals surface area contributed by atoms with Crippen LogP contribution in [0.15, 0.2) is 54.6 Å². The molecule has 2 atom stereocenters. The van der Waals surface area contributed by atoms with Gasteiger partial charge in [0, 0.05) is 16.6 Å². The topological polar surface area (TPSA) is 45.7 Å². The van der Waals surface area contributed by atoms with Crippen molar-refractivity contribution in [2.24, 2.45) is 0 Å². The molecule has 0 bridgehead atoms. The standard InChI is InChI=1S/C20H25ClN2O/c1-15(12-13-17-8-4-3-5-9-17)23-20(24)14-22-16(2)18-10-6-7-11-19(18)21/h3-11,15-16,22H,12-14H2,1-2H3,(H,23,24)/p+1/t15-,16+/m1/s1. The monoisotopic (exact) mass is 345 g/mol. The van der Waals surface area contributed by atoms with E-state index in [0.29, 0.717) is 6.54 Å². The highest BCUT2D eigenvalue weighted by molar-refractivity contribution is 6.31. The van der Waals surface area contributed by atoms with E-state index in [2.05, 4.69) is 31.3 Å². The van der Waals surface area contributed by atoms with Gasteiger partial charge >= 0.3 is 0 Å². The number of amides is 1. The number of quaternary nitrogens is 1. The van der Waals surface area contributed by atoms with Gasteiger partial charge in [-0.15, -0.1) is 0 Å². The summed E-state index contributed by atoms with van der Waals surface area (Å²) in [7, 11) is 0. The second kappa shape index (κ2) is 9.45. The molecule has 0 aliphatic rings. The summed E-state index contributed by atoms with van der Waals surface area (Å²) in [6.07, 6.45) is 1.91. The van der Waals surface area contributed by atoms with Crippen molar-refractivity contribution in [1.29, 1.82) is 0 Å². The number of hydrogen-bond acceptors (Lipinski definition) is 1. The van der Waals surface area contributed by atoms with Crippen LogP contribution in [0.25, 0.3) is 0 Å². The van der Waals surface area contributed by atoms with Crippen molar-refractivity contribution in [3.63, 3.8) is 0 Å². The number of carbonyl (C=O) groups excluding carboxylic acids is 1. The molecule has 0 fully saturated rings. The van der Waals surface area contributed by atoms with Crippen LogP contribution >= 0.6 is 11.6 Å². The summed E-state index contributed by atoms with van der Waals surface area (Å²) in [5.74, 6) is 0.0643. The molecule has 24 heavy (non-hydrogen) atoms. The molecule has 2 rings (SSSR count). The van der Waals surface area contributed by atoms with Gasteiger partial charge in [0.25, 0.3) is 5.91 Å². The fraction of sp³-hybridized carbons (Fsp3) is 0.350. The summed E-state index contributed by atoms with van der Waals surface area (Å²) in [6, 6.07) is 18.4. The van der Waals surface area contributed by atoms with Crippen LogP contribution in [-0.2, 0) is 11.2 Å². The maximum atomic E-state index is 12.1. The highest BCUT2D eigenvalue weighted by atomic mass is 35.5. The molecular formula is C20H26ClN2O+. The molecule has 1 amide bonds. The van der Waals surface area contributed by atoms with E-state index in [1.807, 2.05) is 47.8 Å². The molecule has 3 N–H and O–H groups in total. The van der Waals surface area contributed by atoms with Crippen molar-refractivity contribution in [3.8, 4) is 0 Å². The minimum Gasteiger partial charge on any atom is -0.349 e. The molecule has 3 nitrogen and oxygen atoms in total. The first-order valence-electron chi connectivity index (χ1n) is 8.47. The molecule has 0 aromatic heterocycles. The third-order valence-electron chi connectivity index (χ3n) is 4.17. The van der Waals surface area contributed by atoms with Crippen LogP contribution in [0.3, 0.4) is 0 Å². The first-order chi connectivity index (χ1) is 11.6. The van der Waals surface area contributed by atoms with Crippen molar-refractivity contribution in [2.75, 3.05) is 6.54 Å². The Morgan fingerprint density at radius 3 is 2.46 bits per heavy atom. The molecular weight excluding hydrogens is 320 g/mol. The van der Waals surface area contributed by atoms with Gasteiger partial charge in [0.1, 0.15) is 6.04 Å². The molecule has 128 valence electrons. The van der Waals surface area contributed by atoms with Crippen LogP contribution < -0.4 is 10.6 Å². The Balaban J connectivity index is 1.71. The number of aryl methyl sites for hydroxylation is 1. The molecule has 2 aromatic carbocycles. The third-order valence-corrected chi connectivity index (χ3v) is 4.51. The molecule has 0 saturated carbocycles. The summed E-state index contributed by atoms with van der Waals surface area (Å²) in [6.45, 7) is 4.52. The lowest BCUT2D eigenvalue weighted by atomic mass is 10.1. The summed E-state index contributed by atoms with van der Waals surface area (Å²) in [4.78, 5) is 12.1. The summed E-state index contributed by atoms with van der Waals surface area (Å²) >= 11 is 6.20. The highest BCUT2D eigenvalue weighted by Crippen LogP contribution is 2.19. The zero-order valence-electron chi connectivity index (χ0n) is 14.3. The molecule has 0 radical (unpaired) electrons. The normalized spacial score (nSPS) is 13.3. The largest absolute Gasteiger partial charge is 0.349 e. The SMILES string of the molecule is C[C@H](CCc1ccccc1)NC(=O)C[NH2+][C@@H](C)c1ccccc1Cl. The van der Waals surface area contributed by atoms with E-state index in [-0.39, 0.29) is 18.0 Å². The maximum absolute atomic E-state index is 12.1. The number of hydrogen-bond donors (Lipinski definition) is 2. The van der Waals surface area contributed by atoms with Crippen molar-refractivity contribution < 1.29 is 10.1 Å². The lowest BCUT2D eigenvalue weighted by molar-refractivity contribution is -0.682. The molecule has 0 aliphatic carbocycles. The minimum atomic E-state index is 0.0643. The average molecular weight is 346 g/mol. The molecule has 0 heterocycles. The van der Waals surface area contributed by atoms with Gasteiger partial charge in [-0.2, -0.15) is 0 Å². The Hall–Kier alpha value is -1.84. The van der Waals surface area contributed by atoms with Gasteiger partial charge in [0.2, 0.25) is 0 Å². The van der Waals surface area contributed by atoms with Crippen LogP contribution in [-0.4, -0.2) is 18.5 Å². The van der Waals surface area contributed by atoms with Crippen molar-refractivity contribution in [2.45, 2.75) is 38.8 Å². The van der Waals surface area contributed by atoms with E-state index >= 15 is 0 Å². The van der Waals surface area contributed by atoms with Gasteiger partial charge in [-0.3, -0.25) is 4.79 Å². The van der Waals surface area contributed by atoms with Gasteiger partial charge < -0.3 is 10.6 Å². The minimum absolute atomic E-state index is 0.0643. The summed E-state index contributed by atoms with van der Waals surface area (Å²) in [5.41, 5.74) is 2.36. The second-order valence-corrected chi connectivity index (χ2v) is 6.65. The van der Waals surface area contributed by atoms with Gasteiger partial charge in [-0.1, -0.05) is 60.1 Å². The number of carbonyl (C=O) groups is 1. The Labute approximate surface area is 149 Å². The van der Waals surface area contributed by atoms with Crippen LogP contribution in [0.1, 0.15) is 37.4 Å². The van der Waals surface area contributed by atoms with Crippen LogP contribution in [0.4, 0.5) is 0 Å². The van der Waals surface area contributed by atoms with Gasteiger partial charge in [0.05, 0.1) is 0 Å². The zero-order chi connectivity index (χ0) is 17.4. The van der Waals surface area contributed by atoms with E-state index in [1.54, 1.807) is 0 Å². The Morgan fingerprint density at radius 1 is 1.08 bits per heavy atom. The highest BCUT2D eigenvalue weighted by Gasteiger charge is 2.15. The van der Waals surface area contributed by atoms with Crippen LogP contribution in [0.2, 0.25) is 5.02 Å². The smallest absolute Gasteiger partial charge is 0.275 e. The first kappa shape index (κ1) is 18.5. The first-order valence-corrected chi connectivity index (χ1v) is 8.85. The zero-order valence-corrected chi connectivity index (χ0v) is 15.1. The number of rotatable bonds is 8. The lowest BCUT2D eigenvalue weighted by Crippen LogP contribution is -2.87. The average Bonchev–Trinajstić information content (AvgIpc) is 2.59. The van der Waals surface area contributed by atoms with Crippen molar-refractivity contribution >= 4 is 17.5 Å². The number of nitrogens with one attached hydrogen (secondary N) is 1. The van der Waals surface area contributed by atoms with E-state index < -0.39 is 0 Å². The molecule has 2 aromatic rings. The Bertz CT molecular complexity index is 645. The molecule has 4 heteroatoms. The third kappa shape index (κ3) is 5.99. The van der Waals surface area contributed by atoms with E-state index in [9.17, 15) is 4.79 Å². The number of benzene rings is 2. The van der Waals surface area contributed by atoms with E-state index in [1.165, 1.54) is 5.56 Å². The van der Waals surface area contributed by atoms with Gasteiger partial charge in [-0.05, 0) is 38.3 Å². The lowest BCUT2D eigenvalue weighted by Gasteiger charge is -2.15. The summed E-state index contributed by atoms with van der Waals surface area (Å²) < 4.78 is 0. The molecule has 0 spiro atoms. The maximum Gasteiger partial charge on any atom is 0.275 e. The van der Waals surface area contributed by atoms with Crippen molar-refractivity contribution in [3.05, 3.63) is 70.7 Å². The Kier molecular flexibility index (Phi) is 7.29. The molecule has 0 aliphatic heterocycles.